The number of ether oxygens (including phenoxy) is 1. The van der Waals surface area contributed by atoms with Crippen molar-refractivity contribution in [3.63, 3.8) is 0 Å². The van der Waals surface area contributed by atoms with Gasteiger partial charge in [-0.25, -0.2) is 4.98 Å². The fourth-order valence-corrected chi connectivity index (χ4v) is 1.43. The van der Waals surface area contributed by atoms with Crippen LogP contribution in [0.3, 0.4) is 0 Å². The maximum Gasteiger partial charge on any atom is 0.182 e. The van der Waals surface area contributed by atoms with Crippen molar-refractivity contribution in [2.24, 2.45) is 0 Å². The fraction of sp³-hybridized carbons (Fsp3) is 0.375. The molecule has 0 spiro atoms. The Morgan fingerprint density at radius 3 is 3.25 bits per heavy atom. The summed E-state index contributed by atoms with van der Waals surface area (Å²) >= 11 is 5.69. The molecular weight excluding hydrogens is 178 g/mol. The van der Waals surface area contributed by atoms with Gasteiger partial charge in [0.2, 0.25) is 0 Å². The summed E-state index contributed by atoms with van der Waals surface area (Å²) in [6.07, 6.45) is -0.119. The third-order valence-corrected chi connectivity index (χ3v) is 2.07. The Hall–Kier alpha value is -0.640. The van der Waals surface area contributed by atoms with Crippen molar-refractivity contribution in [1.29, 1.82) is 0 Å². The Kier molecular flexibility index (Phi) is 2.00. The van der Waals surface area contributed by atoms with E-state index in [1.807, 2.05) is 0 Å². The summed E-state index contributed by atoms with van der Waals surface area (Å²) in [5, 5.41) is 9.81. The number of aliphatic hydroxyl groups excluding tert-OH is 1. The monoisotopic (exact) mass is 185 g/mol. The Morgan fingerprint density at radius 2 is 2.42 bits per heavy atom. The second kappa shape index (κ2) is 3.01. The summed E-state index contributed by atoms with van der Waals surface area (Å²) in [5.41, 5.74) is 1.56. The zero-order chi connectivity index (χ0) is 8.55. The maximum atomic E-state index is 9.35. The first-order valence-corrected chi connectivity index (χ1v) is 4.10. The summed E-state index contributed by atoms with van der Waals surface area (Å²) in [4.78, 5) is 4.09. The third kappa shape index (κ3) is 1.31. The number of aromatic nitrogens is 1. The van der Waals surface area contributed by atoms with E-state index in [1.54, 1.807) is 12.1 Å². The molecule has 2 rings (SSSR count). The molecule has 0 radical (unpaired) electrons. The molecule has 0 aliphatic carbocycles. The molecule has 1 unspecified atom stereocenters. The van der Waals surface area contributed by atoms with Gasteiger partial charge in [-0.2, -0.15) is 0 Å². The molecule has 0 amide bonds. The van der Waals surface area contributed by atoms with Gasteiger partial charge in [-0.05, 0) is 12.1 Å². The van der Waals surface area contributed by atoms with E-state index in [4.69, 9.17) is 16.3 Å². The molecule has 3 nitrogen and oxygen atoms in total. The van der Waals surface area contributed by atoms with Crippen LogP contribution in [0.2, 0.25) is 5.15 Å². The molecule has 1 aliphatic heterocycles. The average Bonchev–Trinajstić information content (AvgIpc) is 2.04. The van der Waals surface area contributed by atoms with Crippen molar-refractivity contribution in [2.45, 2.75) is 12.7 Å². The zero-order valence-electron chi connectivity index (χ0n) is 6.33. The van der Waals surface area contributed by atoms with Gasteiger partial charge in [-0.3, -0.25) is 0 Å². The highest BCUT2D eigenvalue weighted by Crippen LogP contribution is 2.24. The van der Waals surface area contributed by atoms with E-state index < -0.39 is 6.29 Å². The van der Waals surface area contributed by atoms with E-state index in [2.05, 4.69) is 4.98 Å². The molecule has 0 saturated carbocycles. The van der Waals surface area contributed by atoms with Crippen molar-refractivity contribution < 1.29 is 9.84 Å². The standard InChI is InChI=1S/C8H8ClNO2/c9-7-2-1-5-6(10-7)3-4-12-8(5)11/h1-2,8,11H,3-4H2. The lowest BCUT2D eigenvalue weighted by Crippen LogP contribution is -2.16. The van der Waals surface area contributed by atoms with Crippen molar-refractivity contribution in [3.05, 3.63) is 28.5 Å². The minimum absolute atomic E-state index is 0.461. The highest BCUT2D eigenvalue weighted by Gasteiger charge is 2.19. The lowest BCUT2D eigenvalue weighted by molar-refractivity contribution is -0.111. The molecule has 1 aromatic rings. The molecule has 64 valence electrons. The van der Waals surface area contributed by atoms with E-state index in [9.17, 15) is 5.11 Å². The molecule has 1 N–H and O–H groups in total. The van der Waals surface area contributed by atoms with Crippen LogP contribution in [0.25, 0.3) is 0 Å². The Morgan fingerprint density at radius 1 is 1.58 bits per heavy atom. The predicted octanol–water partition coefficient (Wildman–Crippen LogP) is 1.30. The van der Waals surface area contributed by atoms with Gasteiger partial charge < -0.3 is 9.84 Å². The first kappa shape index (κ1) is 7.98. The number of nitrogens with zero attached hydrogens (tertiary/aromatic N) is 1. The van der Waals surface area contributed by atoms with Crippen LogP contribution >= 0.6 is 11.6 Å². The van der Waals surface area contributed by atoms with Crippen LogP contribution < -0.4 is 0 Å². The van der Waals surface area contributed by atoms with Gasteiger partial charge in [0.25, 0.3) is 0 Å². The Bertz CT molecular complexity index is 303. The van der Waals surface area contributed by atoms with Crippen LogP contribution in [0.15, 0.2) is 12.1 Å². The number of hydrogen-bond acceptors (Lipinski definition) is 3. The molecule has 0 bridgehead atoms. The van der Waals surface area contributed by atoms with E-state index in [0.717, 1.165) is 11.3 Å². The summed E-state index contributed by atoms with van der Waals surface area (Å²) < 4.78 is 5.02. The third-order valence-electron chi connectivity index (χ3n) is 1.86. The van der Waals surface area contributed by atoms with Crippen molar-refractivity contribution in [3.8, 4) is 0 Å². The number of fused-ring (bicyclic) bond motifs is 1. The van der Waals surface area contributed by atoms with Crippen LogP contribution in [0, 0.1) is 0 Å². The molecule has 1 atom stereocenters. The zero-order valence-corrected chi connectivity index (χ0v) is 7.08. The SMILES string of the molecule is OC1OCCc2nc(Cl)ccc21. The van der Waals surface area contributed by atoms with Gasteiger partial charge >= 0.3 is 0 Å². The Balaban J connectivity index is 2.46. The van der Waals surface area contributed by atoms with Gasteiger partial charge in [0.1, 0.15) is 5.15 Å². The van der Waals surface area contributed by atoms with Crippen LogP contribution in [0.4, 0.5) is 0 Å². The minimum atomic E-state index is -0.835. The van der Waals surface area contributed by atoms with Gasteiger partial charge in [-0.1, -0.05) is 11.6 Å². The van der Waals surface area contributed by atoms with Crippen molar-refractivity contribution >= 4 is 11.6 Å². The number of pyridine rings is 1. The molecule has 2 heterocycles. The molecule has 0 fully saturated rings. The van der Waals surface area contributed by atoms with Gasteiger partial charge in [0, 0.05) is 12.0 Å². The van der Waals surface area contributed by atoms with Gasteiger partial charge in [0.15, 0.2) is 6.29 Å². The molecular formula is C8H8ClNO2. The fourth-order valence-electron chi connectivity index (χ4n) is 1.27. The van der Waals surface area contributed by atoms with Crippen LogP contribution in [-0.4, -0.2) is 16.7 Å². The summed E-state index contributed by atoms with van der Waals surface area (Å²) in [7, 11) is 0. The first-order chi connectivity index (χ1) is 5.77. The average molecular weight is 186 g/mol. The van der Waals surface area contributed by atoms with Gasteiger partial charge in [0.05, 0.1) is 12.3 Å². The topological polar surface area (TPSA) is 42.4 Å². The predicted molar refractivity (Wildman–Crippen MR) is 43.9 cm³/mol. The van der Waals surface area contributed by atoms with E-state index in [-0.39, 0.29) is 0 Å². The second-order valence-corrected chi connectivity index (χ2v) is 3.03. The van der Waals surface area contributed by atoms with E-state index >= 15 is 0 Å². The number of rotatable bonds is 0. The number of halogens is 1. The van der Waals surface area contributed by atoms with E-state index in [1.165, 1.54) is 0 Å². The van der Waals surface area contributed by atoms with E-state index in [0.29, 0.717) is 18.2 Å². The normalized spacial score (nSPS) is 22.0. The van der Waals surface area contributed by atoms with Crippen LogP contribution in [0.5, 0.6) is 0 Å². The molecule has 12 heavy (non-hydrogen) atoms. The number of aliphatic hydroxyl groups is 1. The molecule has 0 saturated heterocycles. The summed E-state index contributed by atoms with van der Waals surface area (Å²) in [6, 6.07) is 3.40. The highest BCUT2D eigenvalue weighted by atomic mass is 35.5. The van der Waals surface area contributed by atoms with Crippen molar-refractivity contribution in [1.82, 2.24) is 4.98 Å². The van der Waals surface area contributed by atoms with Crippen molar-refractivity contribution in [2.75, 3.05) is 6.61 Å². The number of hydrogen-bond donors (Lipinski definition) is 1. The first-order valence-electron chi connectivity index (χ1n) is 3.72. The summed E-state index contributed by atoms with van der Waals surface area (Å²) in [5.74, 6) is 0. The quantitative estimate of drug-likeness (QED) is 0.620. The lowest BCUT2D eigenvalue weighted by atomic mass is 10.1. The summed E-state index contributed by atoms with van der Waals surface area (Å²) in [6.45, 7) is 0.501. The molecule has 4 heteroatoms. The molecule has 0 aromatic carbocycles. The van der Waals surface area contributed by atoms with Gasteiger partial charge in [-0.15, -0.1) is 0 Å². The highest BCUT2D eigenvalue weighted by molar-refractivity contribution is 6.29. The largest absolute Gasteiger partial charge is 0.364 e. The lowest BCUT2D eigenvalue weighted by Gasteiger charge is -2.20. The molecule has 1 aromatic heterocycles. The smallest absolute Gasteiger partial charge is 0.182 e. The van der Waals surface area contributed by atoms with Crippen LogP contribution in [-0.2, 0) is 11.2 Å². The minimum Gasteiger partial charge on any atom is -0.364 e. The van der Waals surface area contributed by atoms with Crippen LogP contribution in [0.1, 0.15) is 17.5 Å². The second-order valence-electron chi connectivity index (χ2n) is 2.64. The maximum absolute atomic E-state index is 9.35. The Labute approximate surface area is 75.0 Å². The molecule has 1 aliphatic rings.